The molecule has 0 spiro atoms. The zero-order valence-electron chi connectivity index (χ0n) is 13.2. The standard InChI is InChI=1S/C21H18INO/c22-18-13-11-17(12-14-18)21(24)15-20(16-7-3-1-4-8-16)23-19-9-5-2-6-10-19/h1-14,20,23H,15H2/t20-/m0/s1. The van der Waals surface area contributed by atoms with Crippen molar-refractivity contribution in [3.05, 3.63) is 99.6 Å². The van der Waals surface area contributed by atoms with Gasteiger partial charge in [0.2, 0.25) is 0 Å². The SMILES string of the molecule is O=C(C[C@H](Nc1ccccc1)c1ccccc1)c1ccc(I)cc1. The quantitative estimate of drug-likeness (QED) is 0.403. The molecule has 0 saturated heterocycles. The number of anilines is 1. The maximum Gasteiger partial charge on any atom is 0.165 e. The van der Waals surface area contributed by atoms with E-state index in [9.17, 15) is 4.79 Å². The first-order valence-corrected chi connectivity index (χ1v) is 8.95. The molecule has 0 radical (unpaired) electrons. The van der Waals surface area contributed by atoms with Gasteiger partial charge in [-0.25, -0.2) is 0 Å². The van der Waals surface area contributed by atoms with Crippen molar-refractivity contribution < 1.29 is 4.79 Å². The van der Waals surface area contributed by atoms with Gasteiger partial charge >= 0.3 is 0 Å². The minimum absolute atomic E-state index is 0.0552. The number of para-hydroxylation sites is 1. The lowest BCUT2D eigenvalue weighted by molar-refractivity contribution is 0.0976. The fourth-order valence-electron chi connectivity index (χ4n) is 2.61. The molecule has 3 aromatic rings. The summed E-state index contributed by atoms with van der Waals surface area (Å²) in [5.41, 5.74) is 2.88. The first-order valence-electron chi connectivity index (χ1n) is 7.87. The third-order valence-corrected chi connectivity index (χ3v) is 4.59. The summed E-state index contributed by atoms with van der Waals surface area (Å²) >= 11 is 2.25. The van der Waals surface area contributed by atoms with E-state index in [0.717, 1.165) is 20.4 Å². The average molecular weight is 427 g/mol. The van der Waals surface area contributed by atoms with Gasteiger partial charge in [-0.2, -0.15) is 0 Å². The molecule has 0 saturated carbocycles. The van der Waals surface area contributed by atoms with Crippen LogP contribution in [0.5, 0.6) is 0 Å². The maximum absolute atomic E-state index is 12.7. The number of carbonyl (C=O) groups excluding carboxylic acids is 1. The summed E-state index contributed by atoms with van der Waals surface area (Å²) in [7, 11) is 0. The van der Waals surface area contributed by atoms with Gasteiger partial charge in [-0.1, -0.05) is 60.7 Å². The number of nitrogens with one attached hydrogen (secondary N) is 1. The Bertz CT molecular complexity index is 785. The molecule has 3 rings (SSSR count). The van der Waals surface area contributed by atoms with E-state index in [-0.39, 0.29) is 11.8 Å². The summed E-state index contributed by atoms with van der Waals surface area (Å²) in [6.07, 6.45) is 0.416. The molecule has 0 amide bonds. The molecule has 1 atom stereocenters. The Labute approximate surface area is 156 Å². The first kappa shape index (κ1) is 16.7. The number of hydrogen-bond acceptors (Lipinski definition) is 2. The Morgan fingerprint density at radius 2 is 1.42 bits per heavy atom. The van der Waals surface area contributed by atoms with E-state index < -0.39 is 0 Å². The Balaban J connectivity index is 1.82. The lowest BCUT2D eigenvalue weighted by Gasteiger charge is -2.20. The van der Waals surface area contributed by atoms with Crippen LogP contribution in [0.25, 0.3) is 0 Å². The number of ketones is 1. The molecule has 0 heterocycles. The van der Waals surface area contributed by atoms with Crippen molar-refractivity contribution in [2.45, 2.75) is 12.5 Å². The number of Topliss-reactive ketones (excluding diaryl/α,β-unsaturated/α-hetero) is 1. The van der Waals surface area contributed by atoms with Crippen LogP contribution in [0.15, 0.2) is 84.9 Å². The minimum Gasteiger partial charge on any atom is -0.378 e. The molecule has 3 aromatic carbocycles. The van der Waals surface area contributed by atoms with Gasteiger partial charge in [0.25, 0.3) is 0 Å². The molecular weight excluding hydrogens is 409 g/mol. The number of hydrogen-bond donors (Lipinski definition) is 1. The van der Waals surface area contributed by atoms with Crippen molar-refractivity contribution in [1.82, 2.24) is 0 Å². The monoisotopic (exact) mass is 427 g/mol. The van der Waals surface area contributed by atoms with Gasteiger partial charge in [0.05, 0.1) is 6.04 Å². The molecule has 0 aliphatic carbocycles. The normalized spacial score (nSPS) is 11.7. The zero-order chi connectivity index (χ0) is 16.8. The third-order valence-electron chi connectivity index (χ3n) is 3.87. The van der Waals surface area contributed by atoms with E-state index in [0.29, 0.717) is 6.42 Å². The third kappa shape index (κ3) is 4.45. The van der Waals surface area contributed by atoms with Crippen molar-refractivity contribution in [1.29, 1.82) is 0 Å². The molecule has 0 aliphatic rings. The van der Waals surface area contributed by atoms with Crippen LogP contribution in [-0.4, -0.2) is 5.78 Å². The van der Waals surface area contributed by atoms with Gasteiger partial charge < -0.3 is 5.32 Å². The van der Waals surface area contributed by atoms with Gasteiger partial charge in [0.1, 0.15) is 0 Å². The summed E-state index contributed by atoms with van der Waals surface area (Å²) < 4.78 is 1.13. The second-order valence-electron chi connectivity index (χ2n) is 5.61. The Morgan fingerprint density at radius 1 is 0.833 bits per heavy atom. The molecule has 3 heteroatoms. The predicted octanol–water partition coefficient (Wildman–Crippen LogP) is 5.72. The van der Waals surface area contributed by atoms with Crippen molar-refractivity contribution in [2.24, 2.45) is 0 Å². The second-order valence-corrected chi connectivity index (χ2v) is 6.85. The highest BCUT2D eigenvalue weighted by Crippen LogP contribution is 2.24. The number of halogens is 1. The molecule has 1 N–H and O–H groups in total. The van der Waals surface area contributed by atoms with Crippen molar-refractivity contribution in [3.63, 3.8) is 0 Å². The average Bonchev–Trinajstić information content (AvgIpc) is 2.63. The van der Waals surface area contributed by atoms with Crippen molar-refractivity contribution in [3.8, 4) is 0 Å². The minimum atomic E-state index is -0.0552. The van der Waals surface area contributed by atoms with Gasteiger partial charge in [0, 0.05) is 21.2 Å². The highest BCUT2D eigenvalue weighted by Gasteiger charge is 2.17. The van der Waals surface area contributed by atoms with Crippen LogP contribution in [-0.2, 0) is 0 Å². The molecule has 2 nitrogen and oxygen atoms in total. The molecule has 0 bridgehead atoms. The fraction of sp³-hybridized carbons (Fsp3) is 0.0952. The zero-order valence-corrected chi connectivity index (χ0v) is 15.3. The lowest BCUT2D eigenvalue weighted by atomic mass is 9.97. The van der Waals surface area contributed by atoms with Gasteiger partial charge in [-0.3, -0.25) is 4.79 Å². The van der Waals surface area contributed by atoms with Crippen LogP contribution < -0.4 is 5.32 Å². The van der Waals surface area contributed by atoms with Crippen LogP contribution in [0.2, 0.25) is 0 Å². The molecule has 24 heavy (non-hydrogen) atoms. The van der Waals surface area contributed by atoms with Crippen LogP contribution in [0.4, 0.5) is 5.69 Å². The number of carbonyl (C=O) groups is 1. The molecule has 0 unspecified atom stereocenters. The van der Waals surface area contributed by atoms with E-state index in [1.807, 2.05) is 72.8 Å². The van der Waals surface area contributed by atoms with Crippen LogP contribution >= 0.6 is 22.6 Å². The van der Waals surface area contributed by atoms with Crippen molar-refractivity contribution >= 4 is 34.1 Å². The van der Waals surface area contributed by atoms with Crippen molar-refractivity contribution in [2.75, 3.05) is 5.32 Å². The summed E-state index contributed by atoms with van der Waals surface area (Å²) in [5.74, 6) is 0.142. The van der Waals surface area contributed by atoms with Crippen LogP contribution in [0.1, 0.15) is 28.4 Å². The summed E-state index contributed by atoms with van der Waals surface area (Å²) in [6.45, 7) is 0. The maximum atomic E-state index is 12.7. The molecule has 0 aromatic heterocycles. The van der Waals surface area contributed by atoms with E-state index >= 15 is 0 Å². The topological polar surface area (TPSA) is 29.1 Å². The number of rotatable bonds is 6. The highest BCUT2D eigenvalue weighted by molar-refractivity contribution is 14.1. The van der Waals surface area contributed by atoms with Crippen LogP contribution in [0.3, 0.4) is 0 Å². The lowest BCUT2D eigenvalue weighted by Crippen LogP contribution is -2.15. The number of benzene rings is 3. The smallest absolute Gasteiger partial charge is 0.165 e. The van der Waals surface area contributed by atoms with E-state index in [4.69, 9.17) is 0 Å². The largest absolute Gasteiger partial charge is 0.378 e. The van der Waals surface area contributed by atoms with E-state index in [1.165, 1.54) is 0 Å². The van der Waals surface area contributed by atoms with Gasteiger partial charge in [-0.15, -0.1) is 0 Å². The summed E-state index contributed by atoms with van der Waals surface area (Å²) in [6, 6.07) is 27.8. The fourth-order valence-corrected chi connectivity index (χ4v) is 2.97. The second kappa shape index (κ2) is 8.11. The van der Waals surface area contributed by atoms with Gasteiger partial charge in [0.15, 0.2) is 5.78 Å². The molecule has 0 fully saturated rings. The summed E-state index contributed by atoms with van der Waals surface area (Å²) in [4.78, 5) is 12.7. The predicted molar refractivity (Wildman–Crippen MR) is 107 cm³/mol. The Hall–Kier alpha value is -2.14. The first-order chi connectivity index (χ1) is 11.7. The molecule has 120 valence electrons. The van der Waals surface area contributed by atoms with Crippen LogP contribution in [0, 0.1) is 3.57 Å². The Morgan fingerprint density at radius 3 is 2.04 bits per heavy atom. The van der Waals surface area contributed by atoms with E-state index in [2.05, 4.69) is 40.0 Å². The highest BCUT2D eigenvalue weighted by atomic mass is 127. The molecule has 0 aliphatic heterocycles. The Kier molecular flexibility index (Phi) is 5.64. The van der Waals surface area contributed by atoms with Gasteiger partial charge in [-0.05, 0) is 52.4 Å². The summed E-state index contributed by atoms with van der Waals surface area (Å²) in [5, 5.41) is 3.49. The van der Waals surface area contributed by atoms with E-state index in [1.54, 1.807) is 0 Å². The molecular formula is C21H18INO.